The van der Waals surface area contributed by atoms with Crippen LogP contribution in [0.4, 0.5) is 5.69 Å². The number of ether oxygens (including phenoxy) is 1. The normalized spacial score (nSPS) is 14.9. The third-order valence-corrected chi connectivity index (χ3v) is 6.94. The molecular weight excluding hydrogens is 464 g/mol. The number of amides is 1. The molecule has 0 bridgehead atoms. The SMILES string of the molecule is CCCCSc1nnc2c(n1)O[C@@H](c1ccc(SC)cc1)N(C(C)=O)c1ccc(Cl)cc1-2. The number of halogens is 1. The van der Waals surface area contributed by atoms with E-state index in [4.69, 9.17) is 16.3 Å². The molecule has 0 fully saturated rings. The molecule has 0 saturated heterocycles. The lowest BCUT2D eigenvalue weighted by atomic mass is 10.1. The Kier molecular flexibility index (Phi) is 7.23. The van der Waals surface area contributed by atoms with Crippen molar-refractivity contribution < 1.29 is 9.53 Å². The summed E-state index contributed by atoms with van der Waals surface area (Å²) in [6.45, 7) is 3.66. The van der Waals surface area contributed by atoms with Crippen LogP contribution in [0.5, 0.6) is 5.88 Å². The molecule has 0 aliphatic carbocycles. The van der Waals surface area contributed by atoms with Crippen molar-refractivity contribution in [1.29, 1.82) is 0 Å². The number of unbranched alkanes of at least 4 members (excludes halogenated alkanes) is 1. The maximum Gasteiger partial charge on any atom is 0.247 e. The molecule has 1 aliphatic heterocycles. The predicted octanol–water partition coefficient (Wildman–Crippen LogP) is 6.25. The lowest BCUT2D eigenvalue weighted by molar-refractivity contribution is -0.118. The molecule has 2 heterocycles. The molecule has 0 radical (unpaired) electrons. The Bertz CT molecular complexity index is 1130. The summed E-state index contributed by atoms with van der Waals surface area (Å²) < 4.78 is 6.39. The van der Waals surface area contributed by atoms with Crippen LogP contribution in [0.3, 0.4) is 0 Å². The predicted molar refractivity (Wildman–Crippen MR) is 131 cm³/mol. The Morgan fingerprint density at radius 3 is 2.66 bits per heavy atom. The van der Waals surface area contributed by atoms with Gasteiger partial charge in [-0.3, -0.25) is 9.69 Å². The molecule has 2 aromatic carbocycles. The van der Waals surface area contributed by atoms with Gasteiger partial charge in [-0.2, -0.15) is 4.98 Å². The molecule has 0 unspecified atom stereocenters. The van der Waals surface area contributed by atoms with Crippen molar-refractivity contribution in [2.75, 3.05) is 16.9 Å². The first-order valence-corrected chi connectivity index (χ1v) is 12.9. The Morgan fingerprint density at radius 2 is 1.97 bits per heavy atom. The van der Waals surface area contributed by atoms with Gasteiger partial charge in [0.2, 0.25) is 23.2 Å². The number of thioether (sulfide) groups is 2. The fraction of sp³-hybridized carbons (Fsp3) is 0.304. The van der Waals surface area contributed by atoms with E-state index in [0.717, 1.165) is 29.1 Å². The molecular formula is C23H23ClN4O2S2. The summed E-state index contributed by atoms with van der Waals surface area (Å²) in [4.78, 5) is 20.3. The van der Waals surface area contributed by atoms with E-state index in [-0.39, 0.29) is 5.91 Å². The van der Waals surface area contributed by atoms with Crippen molar-refractivity contribution in [3.63, 3.8) is 0 Å². The number of nitrogens with zero attached hydrogens (tertiary/aromatic N) is 4. The summed E-state index contributed by atoms with van der Waals surface area (Å²) in [5.74, 6) is 1.08. The van der Waals surface area contributed by atoms with Gasteiger partial charge in [0.15, 0.2) is 5.69 Å². The summed E-state index contributed by atoms with van der Waals surface area (Å²) >= 11 is 9.51. The number of aromatic nitrogens is 3. The largest absolute Gasteiger partial charge is 0.447 e. The van der Waals surface area contributed by atoms with Gasteiger partial charge in [0.25, 0.3) is 0 Å². The van der Waals surface area contributed by atoms with Crippen molar-refractivity contribution in [3.8, 4) is 17.1 Å². The van der Waals surface area contributed by atoms with Crippen LogP contribution in [0.1, 0.15) is 38.5 Å². The fourth-order valence-electron chi connectivity index (χ4n) is 3.43. The molecule has 3 aromatic rings. The molecule has 0 saturated carbocycles. The van der Waals surface area contributed by atoms with Crippen LogP contribution in [0.2, 0.25) is 5.02 Å². The summed E-state index contributed by atoms with van der Waals surface area (Å²) in [6.07, 6.45) is 3.48. The van der Waals surface area contributed by atoms with E-state index in [9.17, 15) is 4.79 Å². The van der Waals surface area contributed by atoms with Crippen LogP contribution in [0.25, 0.3) is 11.3 Å². The molecule has 9 heteroatoms. The average molecular weight is 487 g/mol. The van der Waals surface area contributed by atoms with E-state index in [1.54, 1.807) is 40.6 Å². The van der Waals surface area contributed by atoms with Crippen LogP contribution < -0.4 is 9.64 Å². The molecule has 1 atom stereocenters. The average Bonchev–Trinajstić information content (AvgIpc) is 2.93. The van der Waals surface area contributed by atoms with E-state index in [1.165, 1.54) is 6.92 Å². The second-order valence-corrected chi connectivity index (χ2v) is 9.62. The van der Waals surface area contributed by atoms with E-state index < -0.39 is 6.23 Å². The highest BCUT2D eigenvalue weighted by Crippen LogP contribution is 2.44. The van der Waals surface area contributed by atoms with Gasteiger partial charge in [-0.15, -0.1) is 22.0 Å². The third kappa shape index (κ3) is 4.72. The number of carbonyl (C=O) groups is 1. The highest BCUT2D eigenvalue weighted by molar-refractivity contribution is 7.99. The van der Waals surface area contributed by atoms with Crippen molar-refractivity contribution >= 4 is 46.7 Å². The van der Waals surface area contributed by atoms with Crippen molar-refractivity contribution in [2.24, 2.45) is 0 Å². The molecule has 4 rings (SSSR count). The van der Waals surface area contributed by atoms with Gasteiger partial charge < -0.3 is 4.74 Å². The zero-order valence-electron chi connectivity index (χ0n) is 18.0. The molecule has 6 nitrogen and oxygen atoms in total. The molecule has 166 valence electrons. The smallest absolute Gasteiger partial charge is 0.247 e. The standard InChI is InChI=1S/C23H23ClN4O2S2/c1-4-5-12-32-23-25-21-20(26-27-23)18-13-16(24)8-11-19(18)28(14(2)29)22(30-21)15-6-9-17(31-3)10-7-15/h6-11,13,22H,4-5,12H2,1-3H3/t22-/m0/s1. The summed E-state index contributed by atoms with van der Waals surface area (Å²) in [5.41, 5.74) is 2.63. The monoisotopic (exact) mass is 486 g/mol. The van der Waals surface area contributed by atoms with Crippen LogP contribution in [-0.4, -0.2) is 33.1 Å². The van der Waals surface area contributed by atoms with Crippen molar-refractivity contribution in [1.82, 2.24) is 15.2 Å². The van der Waals surface area contributed by atoms with Crippen LogP contribution in [0, 0.1) is 0 Å². The minimum atomic E-state index is -0.699. The minimum absolute atomic E-state index is 0.161. The molecule has 0 spiro atoms. The highest BCUT2D eigenvalue weighted by atomic mass is 35.5. The zero-order chi connectivity index (χ0) is 22.7. The van der Waals surface area contributed by atoms with Gasteiger partial charge >= 0.3 is 0 Å². The van der Waals surface area contributed by atoms with Crippen molar-refractivity contribution in [3.05, 3.63) is 53.1 Å². The number of anilines is 1. The second-order valence-electron chi connectivity index (χ2n) is 7.24. The lowest BCUT2D eigenvalue weighted by Crippen LogP contribution is -2.36. The van der Waals surface area contributed by atoms with Crippen LogP contribution >= 0.6 is 35.1 Å². The maximum absolute atomic E-state index is 12.8. The molecule has 1 aliphatic rings. The number of hydrogen-bond acceptors (Lipinski definition) is 7. The fourth-order valence-corrected chi connectivity index (χ4v) is 4.87. The van der Waals surface area contributed by atoms with Gasteiger partial charge in [-0.1, -0.05) is 48.8 Å². The minimum Gasteiger partial charge on any atom is -0.447 e. The Hall–Kier alpha value is -2.29. The first-order valence-electron chi connectivity index (χ1n) is 10.3. The number of fused-ring (bicyclic) bond motifs is 3. The molecule has 1 aromatic heterocycles. The van der Waals surface area contributed by atoms with Crippen LogP contribution in [-0.2, 0) is 4.79 Å². The molecule has 0 N–H and O–H groups in total. The van der Waals surface area contributed by atoms with E-state index in [2.05, 4.69) is 22.1 Å². The van der Waals surface area contributed by atoms with Gasteiger partial charge in [-0.25, -0.2) is 0 Å². The maximum atomic E-state index is 12.8. The number of hydrogen-bond donors (Lipinski definition) is 0. The van der Waals surface area contributed by atoms with E-state index in [1.807, 2.05) is 36.6 Å². The third-order valence-electron chi connectivity index (χ3n) is 5.04. The Morgan fingerprint density at radius 1 is 1.19 bits per heavy atom. The van der Waals surface area contributed by atoms with Gasteiger partial charge in [-0.05, 0) is 43.0 Å². The van der Waals surface area contributed by atoms with Gasteiger partial charge in [0.1, 0.15) is 0 Å². The Labute approximate surface area is 201 Å². The Balaban J connectivity index is 1.86. The topological polar surface area (TPSA) is 68.2 Å². The molecule has 32 heavy (non-hydrogen) atoms. The molecule has 1 amide bonds. The first-order chi connectivity index (χ1) is 15.5. The second kappa shape index (κ2) is 10.1. The quantitative estimate of drug-likeness (QED) is 0.301. The lowest BCUT2D eigenvalue weighted by Gasteiger charge is -2.30. The summed E-state index contributed by atoms with van der Waals surface area (Å²) in [5, 5.41) is 9.81. The van der Waals surface area contributed by atoms with Gasteiger partial charge in [0.05, 0.1) is 5.69 Å². The van der Waals surface area contributed by atoms with Gasteiger partial charge in [0, 0.05) is 33.7 Å². The number of benzene rings is 2. The number of rotatable bonds is 6. The first kappa shape index (κ1) is 22.9. The zero-order valence-corrected chi connectivity index (χ0v) is 20.4. The summed E-state index contributed by atoms with van der Waals surface area (Å²) in [7, 11) is 0. The van der Waals surface area contributed by atoms with E-state index >= 15 is 0 Å². The highest BCUT2D eigenvalue weighted by Gasteiger charge is 2.34. The van der Waals surface area contributed by atoms with Crippen molar-refractivity contribution in [2.45, 2.75) is 43.0 Å². The van der Waals surface area contributed by atoms with E-state index in [0.29, 0.717) is 33.0 Å². The number of carbonyl (C=O) groups excluding carboxylic acids is 1. The summed E-state index contributed by atoms with van der Waals surface area (Å²) in [6, 6.07) is 13.3. The van der Waals surface area contributed by atoms with Crippen LogP contribution in [0.15, 0.2) is 52.5 Å².